The molecule has 37 heteroatoms. The molecule has 0 bridgehead atoms. The molecule has 0 aromatic carbocycles. The maximum absolute atomic E-state index is 13.0. The van der Waals surface area contributed by atoms with Crippen LogP contribution in [0.25, 0.3) is 0 Å². The van der Waals surface area contributed by atoms with Crippen molar-refractivity contribution in [1.29, 1.82) is 0 Å². The van der Waals surface area contributed by atoms with Crippen LogP contribution < -0.4 is 5.73 Å². The van der Waals surface area contributed by atoms with Gasteiger partial charge in [-0.2, -0.15) is 0 Å². The van der Waals surface area contributed by atoms with Crippen molar-refractivity contribution >= 4 is 19.8 Å². The number of ether oxygens (including phenoxy) is 9. The van der Waals surface area contributed by atoms with Gasteiger partial charge >= 0.3 is 19.8 Å². The maximum atomic E-state index is 13.0. The number of hydrogen-bond donors (Lipinski definition) is 22. The summed E-state index contributed by atoms with van der Waals surface area (Å²) < 4.78 is 72.4. The molecule has 438 valence electrons. The van der Waals surface area contributed by atoms with Crippen molar-refractivity contribution in [3.05, 3.63) is 0 Å². The number of nitrogens with two attached hydrogens (primary N) is 1. The van der Waals surface area contributed by atoms with E-state index in [1.165, 1.54) is 0 Å². The Balaban J connectivity index is 1.60. The fourth-order valence-electron chi connectivity index (χ4n) is 8.73. The molecule has 28 atom stereocenters. The Morgan fingerprint density at radius 2 is 1.11 bits per heavy atom. The molecular weight excluding hydrogens is 1060 g/mol. The van der Waals surface area contributed by atoms with Crippen molar-refractivity contribution in [1.82, 2.24) is 0 Å². The second kappa shape index (κ2) is 26.5. The second-order valence-electron chi connectivity index (χ2n) is 18.0. The molecule has 75 heavy (non-hydrogen) atoms. The van der Waals surface area contributed by atoms with E-state index in [1.54, 1.807) is 0 Å². The zero-order valence-electron chi connectivity index (χ0n) is 38.9. The largest absolute Gasteiger partial charge is 0.477 e. The molecule has 5 aliphatic heterocycles. The highest BCUT2D eigenvalue weighted by Gasteiger charge is 2.63. The Morgan fingerprint density at radius 3 is 1.67 bits per heavy atom. The van der Waals surface area contributed by atoms with Crippen molar-refractivity contribution in [2.24, 2.45) is 5.73 Å². The molecule has 23 N–H and O–H groups in total. The Labute approximate surface area is 421 Å². The van der Waals surface area contributed by atoms with Gasteiger partial charge in [0.2, 0.25) is 0 Å². The fourth-order valence-corrected chi connectivity index (χ4v) is 9.48. The number of phosphoric acid groups is 1. The molecule has 1 unspecified atom stereocenters. The third kappa shape index (κ3) is 14.1. The van der Waals surface area contributed by atoms with Crippen LogP contribution in [0.15, 0.2) is 0 Å². The van der Waals surface area contributed by atoms with Crippen LogP contribution in [0, 0.1) is 0 Å². The van der Waals surface area contributed by atoms with Gasteiger partial charge in [-0.3, -0.25) is 9.05 Å². The molecule has 0 aromatic heterocycles. The Morgan fingerprint density at radius 1 is 0.587 bits per heavy atom. The summed E-state index contributed by atoms with van der Waals surface area (Å²) >= 11 is 0. The highest BCUT2D eigenvalue weighted by Crippen LogP contribution is 2.45. The molecular formula is C38H66NO35P. The lowest BCUT2D eigenvalue weighted by molar-refractivity contribution is -0.413. The first-order valence-electron chi connectivity index (χ1n) is 22.8. The summed E-state index contributed by atoms with van der Waals surface area (Å²) in [5.74, 6) is -11.3. The zero-order valence-corrected chi connectivity index (χ0v) is 39.8. The molecule has 0 spiro atoms. The standard InChI is InChI=1S/C38H66NO35P/c39-1-2-64-75(62,63)65-9-14(48)25-21(53)20(52)23(55)33(67-25)71-31-27(12(46)6-41)68-34(24(56)30(31)70-32-22(54)19(51)18(50)16(8-43)66-32)69-29-15(4-37(61,35(57)58)73-28(29)13(47)7-42)72-38(36(59)60)3-10(44)17(49)26(74-38)11(45)5-40/h10-34,40-56,61H,1-9,39H2,(H,57,58)(H,59,60)(H,62,63)/t10-,11-,12+,13-,14+,15-,16-,17-,18-,19+,20+,21+,22-,23+,24+,25-,26-,27-,28-,29-,30-,31-,32+,33-,34-,37-,38-/m1/s1. The van der Waals surface area contributed by atoms with Crippen LogP contribution in [0.5, 0.6) is 0 Å². The Kier molecular flexibility index (Phi) is 22.5. The van der Waals surface area contributed by atoms with Gasteiger partial charge in [-0.15, -0.1) is 0 Å². The van der Waals surface area contributed by atoms with Crippen LogP contribution in [0.4, 0.5) is 0 Å². The molecule has 5 heterocycles. The first-order valence-corrected chi connectivity index (χ1v) is 24.3. The predicted molar refractivity (Wildman–Crippen MR) is 225 cm³/mol. The number of aliphatic hydroxyl groups excluding tert-OH is 17. The van der Waals surface area contributed by atoms with Crippen LogP contribution in [0.1, 0.15) is 12.8 Å². The van der Waals surface area contributed by atoms with E-state index in [1.807, 2.05) is 0 Å². The summed E-state index contributed by atoms with van der Waals surface area (Å²) in [5.41, 5.74) is 5.25. The number of hydrogen-bond acceptors (Lipinski definition) is 33. The van der Waals surface area contributed by atoms with E-state index in [0.29, 0.717) is 0 Å². The topological polar surface area (TPSA) is 604 Å². The van der Waals surface area contributed by atoms with Gasteiger partial charge in [0.05, 0.1) is 51.8 Å². The number of aliphatic hydroxyl groups is 18. The number of carboxylic acid groups (broad SMARTS) is 2. The molecule has 0 radical (unpaired) electrons. The van der Waals surface area contributed by atoms with Gasteiger partial charge in [0.15, 0.2) is 18.9 Å². The Bertz CT molecular complexity index is 1880. The van der Waals surface area contributed by atoms with Gasteiger partial charge in [0.25, 0.3) is 11.6 Å². The highest BCUT2D eigenvalue weighted by atomic mass is 31.2. The number of carbonyl (C=O) groups is 2. The van der Waals surface area contributed by atoms with Crippen LogP contribution in [0.2, 0.25) is 0 Å². The quantitative estimate of drug-likeness (QED) is 0.0399. The number of carboxylic acids is 2. The van der Waals surface area contributed by atoms with Gasteiger partial charge in [-0.1, -0.05) is 0 Å². The van der Waals surface area contributed by atoms with Gasteiger partial charge in [-0.05, 0) is 0 Å². The van der Waals surface area contributed by atoms with Crippen LogP contribution in [0.3, 0.4) is 0 Å². The number of phosphoric ester groups is 1. The Hall–Kier alpha value is -2.07. The zero-order chi connectivity index (χ0) is 56.2. The summed E-state index contributed by atoms with van der Waals surface area (Å²) in [6.07, 6.45) is -60.6. The van der Waals surface area contributed by atoms with E-state index in [4.69, 9.17) is 48.4 Å². The number of aliphatic carboxylic acids is 2. The molecule has 0 amide bonds. The van der Waals surface area contributed by atoms with E-state index in [0.717, 1.165) is 0 Å². The van der Waals surface area contributed by atoms with E-state index in [2.05, 4.69) is 9.05 Å². The van der Waals surface area contributed by atoms with Crippen molar-refractivity contribution in [3.8, 4) is 0 Å². The average Bonchev–Trinajstić information content (AvgIpc) is 3.37. The van der Waals surface area contributed by atoms with Gasteiger partial charge in [0, 0.05) is 19.4 Å². The van der Waals surface area contributed by atoms with E-state index in [-0.39, 0.29) is 6.54 Å². The molecule has 0 aromatic rings. The normalized spacial score (nSPS) is 45.3. The predicted octanol–water partition coefficient (Wildman–Crippen LogP) is -13.4. The molecule has 5 fully saturated rings. The average molecular weight is 1130 g/mol. The minimum atomic E-state index is -4.93. The van der Waals surface area contributed by atoms with Gasteiger partial charge in [-0.25, -0.2) is 14.2 Å². The molecule has 5 saturated heterocycles. The molecule has 5 aliphatic rings. The summed E-state index contributed by atoms with van der Waals surface area (Å²) in [4.78, 5) is 35.4. The smallest absolute Gasteiger partial charge is 0.472 e. The van der Waals surface area contributed by atoms with E-state index in [9.17, 15) is 121 Å². The van der Waals surface area contributed by atoms with Gasteiger partial charge < -0.3 is 155 Å². The summed E-state index contributed by atoms with van der Waals surface area (Å²) in [7, 11) is -4.93. The summed E-state index contributed by atoms with van der Waals surface area (Å²) in [5, 5.41) is 214. The van der Waals surface area contributed by atoms with Crippen molar-refractivity contribution in [2.45, 2.75) is 178 Å². The van der Waals surface area contributed by atoms with E-state index >= 15 is 0 Å². The summed E-state index contributed by atoms with van der Waals surface area (Å²) in [6, 6.07) is 0. The molecule has 0 aliphatic carbocycles. The lowest BCUT2D eigenvalue weighted by Crippen LogP contribution is -2.71. The van der Waals surface area contributed by atoms with Crippen molar-refractivity contribution in [3.63, 3.8) is 0 Å². The van der Waals surface area contributed by atoms with Crippen molar-refractivity contribution in [2.75, 3.05) is 46.2 Å². The second-order valence-corrected chi connectivity index (χ2v) is 19.5. The fraction of sp³-hybridized carbons (Fsp3) is 0.947. The molecule has 0 saturated carbocycles. The summed E-state index contributed by atoms with van der Waals surface area (Å²) in [6.45, 7) is -7.04. The van der Waals surface area contributed by atoms with Crippen LogP contribution in [-0.4, -0.2) is 330 Å². The minimum absolute atomic E-state index is 0.251. The minimum Gasteiger partial charge on any atom is -0.477 e. The van der Waals surface area contributed by atoms with Crippen LogP contribution >= 0.6 is 7.82 Å². The van der Waals surface area contributed by atoms with Crippen LogP contribution in [-0.2, 0) is 65.8 Å². The lowest BCUT2D eigenvalue weighted by Gasteiger charge is -2.52. The van der Waals surface area contributed by atoms with E-state index < -0.39 is 237 Å². The highest BCUT2D eigenvalue weighted by molar-refractivity contribution is 7.47. The monoisotopic (exact) mass is 1130 g/mol. The SMILES string of the molecule is NCCOP(=O)(O)OC[C@H](O)[C@H]1O[C@H](O[C@H]2[C@H](O[C@@H]3O[C@H](CO)[C@@H](O)[C@H](O)[C@H]3O)[C@H](O)[C@@H](O[C@H]3[C@@H]([C@H](O)CO)O[C@@](O)(C(=O)O)C[C@H]3O[C@]3(C(=O)O)C[C@@H](O)[C@@H](O)[C@@H]([C@H](O)CO)O3)O[C@@H]2[C@@H](O)CO)[C@@H](O)[C@@H](O)[C@@H]1O. The maximum Gasteiger partial charge on any atom is 0.472 e. The molecule has 5 rings (SSSR count). The lowest BCUT2D eigenvalue weighted by atomic mass is 9.89. The number of rotatable bonds is 24. The van der Waals surface area contributed by atoms with Crippen molar-refractivity contribution < 1.29 is 173 Å². The molecule has 36 nitrogen and oxygen atoms in total. The first-order chi connectivity index (χ1) is 35.1. The third-order valence-electron chi connectivity index (χ3n) is 12.8. The third-order valence-corrected chi connectivity index (χ3v) is 13.8. The first kappa shape index (κ1) is 63.8. The van der Waals surface area contributed by atoms with Gasteiger partial charge in [0.1, 0.15) is 122 Å².